The maximum Gasteiger partial charge on any atom is 0.160 e. The molecule has 2 saturated carbocycles. The van der Waals surface area contributed by atoms with E-state index in [1.165, 1.54) is 37.7 Å². The molecule has 35 heavy (non-hydrogen) atoms. The maximum absolute atomic E-state index is 6.11. The van der Waals surface area contributed by atoms with Crippen LogP contribution in [0.4, 0.5) is 11.5 Å². The molecule has 0 aliphatic heterocycles. The van der Waals surface area contributed by atoms with E-state index in [1.807, 2.05) is 37.4 Å². The highest BCUT2D eigenvalue weighted by atomic mass is 16.5. The lowest BCUT2D eigenvalue weighted by atomic mass is 9.86. The quantitative estimate of drug-likeness (QED) is 0.351. The Morgan fingerprint density at radius 3 is 2.80 bits per heavy atom. The summed E-state index contributed by atoms with van der Waals surface area (Å²) in [5, 5.41) is 7.58. The fraction of sp³-hybridized carbons (Fsp3) is 0.296. The predicted octanol–water partition coefficient (Wildman–Crippen LogP) is 5.82. The van der Waals surface area contributed by atoms with Gasteiger partial charge >= 0.3 is 0 Å². The normalized spacial score (nSPS) is 21.1. The number of aryl methyl sites for hydroxylation is 1. The zero-order valence-electron chi connectivity index (χ0n) is 19.4. The number of nitrogens with zero attached hydrogens (tertiary/aromatic N) is 6. The highest BCUT2D eigenvalue weighted by molar-refractivity contribution is 5.87. The van der Waals surface area contributed by atoms with Gasteiger partial charge in [-0.25, -0.2) is 24.5 Å². The van der Waals surface area contributed by atoms with Crippen molar-refractivity contribution < 1.29 is 4.74 Å². The van der Waals surface area contributed by atoms with Crippen LogP contribution in [-0.4, -0.2) is 29.5 Å². The van der Waals surface area contributed by atoms with Gasteiger partial charge in [0.1, 0.15) is 29.7 Å². The van der Waals surface area contributed by atoms with Crippen LogP contribution in [0.3, 0.4) is 0 Å². The third-order valence-electron chi connectivity index (χ3n) is 7.54. The lowest BCUT2D eigenvalue weighted by Crippen LogP contribution is -2.10. The summed E-state index contributed by atoms with van der Waals surface area (Å²) in [6.07, 6.45) is 10.3. The van der Waals surface area contributed by atoms with Crippen molar-refractivity contribution in [2.45, 2.75) is 38.5 Å². The van der Waals surface area contributed by atoms with Crippen molar-refractivity contribution in [3.63, 3.8) is 0 Å². The summed E-state index contributed by atoms with van der Waals surface area (Å²) in [4.78, 5) is 18.3. The minimum atomic E-state index is 0.571. The van der Waals surface area contributed by atoms with Crippen LogP contribution in [-0.2, 0) is 0 Å². The Kier molecular flexibility index (Phi) is 4.65. The molecule has 3 atom stereocenters. The summed E-state index contributed by atoms with van der Waals surface area (Å²) in [5.41, 5.74) is 5.54. The van der Waals surface area contributed by atoms with Gasteiger partial charge in [0.05, 0.1) is 5.52 Å². The van der Waals surface area contributed by atoms with Crippen LogP contribution in [0.1, 0.15) is 42.9 Å². The van der Waals surface area contributed by atoms with Gasteiger partial charge in [0.2, 0.25) is 0 Å². The van der Waals surface area contributed by atoms with Crippen LogP contribution < -0.4 is 10.1 Å². The summed E-state index contributed by atoms with van der Waals surface area (Å²) in [6, 6.07) is 14.0. The second kappa shape index (κ2) is 8.01. The SMILES string of the molecule is Cc1cc(Nc2ncnc3ccc([C@@H]4C[C@H]5CC[C@@H]4C5)nc23)ccc1Oc1ccn2ncnc2c1. The third-order valence-corrected chi connectivity index (χ3v) is 7.54. The van der Waals surface area contributed by atoms with Crippen LogP contribution in [0.2, 0.25) is 0 Å². The van der Waals surface area contributed by atoms with Crippen molar-refractivity contribution in [3.8, 4) is 11.5 Å². The molecular formula is C27H25N7O. The summed E-state index contributed by atoms with van der Waals surface area (Å²) >= 11 is 0. The molecule has 2 aliphatic rings. The molecule has 4 aromatic heterocycles. The first-order chi connectivity index (χ1) is 17.2. The van der Waals surface area contributed by atoms with Gasteiger partial charge in [-0.3, -0.25) is 0 Å². The molecule has 1 N–H and O–H groups in total. The number of fused-ring (bicyclic) bond motifs is 4. The molecular weight excluding hydrogens is 438 g/mol. The molecule has 174 valence electrons. The molecule has 0 amide bonds. The summed E-state index contributed by atoms with van der Waals surface area (Å²) < 4.78 is 7.82. The van der Waals surface area contributed by atoms with E-state index in [9.17, 15) is 0 Å². The van der Waals surface area contributed by atoms with Gasteiger partial charge in [0.25, 0.3) is 0 Å². The average molecular weight is 464 g/mol. The molecule has 2 bridgehead atoms. The highest BCUT2D eigenvalue weighted by Crippen LogP contribution is 2.52. The molecule has 8 nitrogen and oxygen atoms in total. The molecule has 1 aromatic carbocycles. The molecule has 2 aliphatic carbocycles. The highest BCUT2D eigenvalue weighted by Gasteiger charge is 2.40. The van der Waals surface area contributed by atoms with Gasteiger partial charge in [-0.15, -0.1) is 0 Å². The Bertz CT molecular complexity index is 1560. The number of pyridine rings is 2. The molecule has 0 unspecified atom stereocenters. The first-order valence-corrected chi connectivity index (χ1v) is 12.2. The number of ether oxygens (including phenoxy) is 1. The van der Waals surface area contributed by atoms with Crippen LogP contribution >= 0.6 is 0 Å². The van der Waals surface area contributed by atoms with Crippen molar-refractivity contribution in [3.05, 3.63) is 72.6 Å². The standard InChI is InChI=1S/C27H25N7O/c1-16-10-19(4-7-24(16)35-20-8-9-34-25(13-20)29-15-31-34)32-27-26-23(28-14-30-27)6-5-22(33-26)21-12-17-2-3-18(21)11-17/h4-10,13-15,17-18,21H,2-3,11-12H2,1H3,(H,28,30,32)/t17-,18+,21+/m0/s1. The first kappa shape index (κ1) is 20.3. The van der Waals surface area contributed by atoms with E-state index in [1.54, 1.807) is 10.8 Å². The maximum atomic E-state index is 6.11. The third kappa shape index (κ3) is 3.65. The summed E-state index contributed by atoms with van der Waals surface area (Å²) in [7, 11) is 0. The molecule has 0 radical (unpaired) electrons. The minimum absolute atomic E-state index is 0.571. The van der Waals surface area contributed by atoms with Gasteiger partial charge in [-0.05, 0) is 80.0 Å². The van der Waals surface area contributed by atoms with E-state index < -0.39 is 0 Å². The van der Waals surface area contributed by atoms with Crippen LogP contribution in [0.5, 0.6) is 11.5 Å². The Morgan fingerprint density at radius 1 is 0.971 bits per heavy atom. The number of benzene rings is 1. The number of hydrogen-bond acceptors (Lipinski definition) is 7. The number of aromatic nitrogens is 6. The number of rotatable bonds is 5. The smallest absolute Gasteiger partial charge is 0.160 e. The molecule has 5 aromatic rings. The summed E-state index contributed by atoms with van der Waals surface area (Å²) in [6.45, 7) is 2.03. The van der Waals surface area contributed by atoms with Gasteiger partial charge in [-0.1, -0.05) is 6.42 Å². The van der Waals surface area contributed by atoms with E-state index in [4.69, 9.17) is 9.72 Å². The number of nitrogens with one attached hydrogen (secondary N) is 1. The average Bonchev–Trinajstić information content (AvgIpc) is 3.63. The van der Waals surface area contributed by atoms with E-state index >= 15 is 0 Å². The van der Waals surface area contributed by atoms with Crippen LogP contribution in [0, 0.1) is 18.8 Å². The lowest BCUT2D eigenvalue weighted by molar-refractivity contribution is 0.414. The fourth-order valence-corrected chi connectivity index (χ4v) is 5.83. The van der Waals surface area contributed by atoms with Crippen molar-refractivity contribution >= 4 is 28.2 Å². The second-order valence-corrected chi connectivity index (χ2v) is 9.74. The van der Waals surface area contributed by atoms with Crippen molar-refractivity contribution in [1.82, 2.24) is 29.5 Å². The predicted molar refractivity (Wildman–Crippen MR) is 133 cm³/mol. The van der Waals surface area contributed by atoms with Crippen molar-refractivity contribution in [2.75, 3.05) is 5.32 Å². The molecule has 4 heterocycles. The first-order valence-electron chi connectivity index (χ1n) is 12.2. The molecule has 7 rings (SSSR count). The van der Waals surface area contributed by atoms with Gasteiger partial charge in [0, 0.05) is 29.6 Å². The molecule has 8 heteroatoms. The molecule has 0 saturated heterocycles. The van der Waals surface area contributed by atoms with Crippen LogP contribution in [0.25, 0.3) is 16.7 Å². The molecule has 2 fully saturated rings. The van der Waals surface area contributed by atoms with E-state index in [2.05, 4.69) is 43.6 Å². The molecule has 0 spiro atoms. The fourth-order valence-electron chi connectivity index (χ4n) is 5.83. The number of anilines is 2. The van der Waals surface area contributed by atoms with Gasteiger partial charge in [0.15, 0.2) is 11.5 Å². The van der Waals surface area contributed by atoms with E-state index in [0.29, 0.717) is 11.7 Å². The van der Waals surface area contributed by atoms with Crippen molar-refractivity contribution in [2.24, 2.45) is 11.8 Å². The van der Waals surface area contributed by atoms with Crippen molar-refractivity contribution in [1.29, 1.82) is 0 Å². The lowest BCUT2D eigenvalue weighted by Gasteiger charge is -2.21. The second-order valence-electron chi connectivity index (χ2n) is 9.74. The van der Waals surface area contributed by atoms with E-state index in [0.717, 1.165) is 51.3 Å². The zero-order chi connectivity index (χ0) is 23.4. The topological polar surface area (TPSA) is 90.1 Å². The van der Waals surface area contributed by atoms with E-state index in [-0.39, 0.29) is 0 Å². The zero-order valence-corrected chi connectivity index (χ0v) is 19.4. The number of hydrogen-bond donors (Lipinski definition) is 1. The Balaban J connectivity index is 1.15. The van der Waals surface area contributed by atoms with Gasteiger partial charge < -0.3 is 10.1 Å². The largest absolute Gasteiger partial charge is 0.457 e. The Morgan fingerprint density at radius 2 is 1.94 bits per heavy atom. The summed E-state index contributed by atoms with van der Waals surface area (Å²) in [5.74, 6) is 4.46. The Hall–Kier alpha value is -4.07. The Labute approximate surface area is 202 Å². The minimum Gasteiger partial charge on any atom is -0.457 e. The monoisotopic (exact) mass is 463 g/mol. The van der Waals surface area contributed by atoms with Crippen LogP contribution in [0.15, 0.2) is 61.3 Å². The van der Waals surface area contributed by atoms with Gasteiger partial charge in [-0.2, -0.15) is 5.10 Å².